The number of nitrogens with zero attached hydrogens (tertiary/aromatic N) is 1. The summed E-state index contributed by atoms with van der Waals surface area (Å²) >= 11 is 2.00. The molecule has 5 heteroatoms. The zero-order valence-electron chi connectivity index (χ0n) is 7.95. The van der Waals surface area contributed by atoms with Gasteiger partial charge in [0.2, 0.25) is 0 Å². The van der Waals surface area contributed by atoms with E-state index in [9.17, 15) is 4.79 Å². The van der Waals surface area contributed by atoms with E-state index in [1.165, 1.54) is 6.20 Å². The van der Waals surface area contributed by atoms with E-state index in [2.05, 4.69) is 4.98 Å². The molecule has 4 nitrogen and oxygen atoms in total. The Labute approximate surface area is 96.0 Å². The van der Waals surface area contributed by atoms with Gasteiger partial charge in [-0.1, -0.05) is 0 Å². The number of pyridine rings is 1. The molecule has 0 fully saturated rings. The van der Waals surface area contributed by atoms with Crippen molar-refractivity contribution in [2.24, 2.45) is 0 Å². The maximum Gasteiger partial charge on any atom is 0.358 e. The molecule has 0 saturated carbocycles. The predicted molar refractivity (Wildman–Crippen MR) is 61.9 cm³/mol. The van der Waals surface area contributed by atoms with Gasteiger partial charge in [0.05, 0.1) is 18.0 Å². The average molecular weight is 306 g/mol. The molecule has 76 valence electrons. The van der Waals surface area contributed by atoms with Gasteiger partial charge in [-0.15, -0.1) is 0 Å². The molecule has 0 radical (unpaired) electrons. The molecule has 0 aliphatic heterocycles. The van der Waals surface area contributed by atoms with E-state index in [-0.39, 0.29) is 6.10 Å². The van der Waals surface area contributed by atoms with E-state index < -0.39 is 5.97 Å². The van der Waals surface area contributed by atoms with E-state index in [1.807, 2.05) is 22.6 Å². The molecule has 14 heavy (non-hydrogen) atoms. The Kier molecular flexibility index (Phi) is 3.68. The summed E-state index contributed by atoms with van der Waals surface area (Å²) in [5.74, 6) is -0.413. The molecule has 0 atom stereocenters. The van der Waals surface area contributed by atoms with Crippen LogP contribution in [-0.2, 0) is 4.74 Å². The minimum absolute atomic E-state index is 0.141. The average Bonchev–Trinajstić information content (AvgIpc) is 2.01. The number of hydrogen-bond donors (Lipinski definition) is 1. The van der Waals surface area contributed by atoms with Crippen molar-refractivity contribution in [2.45, 2.75) is 20.0 Å². The first-order valence-corrected chi connectivity index (χ1v) is 5.20. The second-order valence-corrected chi connectivity index (χ2v) is 4.22. The van der Waals surface area contributed by atoms with Crippen molar-refractivity contribution in [3.05, 3.63) is 21.5 Å². The highest BCUT2D eigenvalue weighted by Gasteiger charge is 2.14. The van der Waals surface area contributed by atoms with Crippen LogP contribution in [0.1, 0.15) is 24.3 Å². The minimum Gasteiger partial charge on any atom is -0.458 e. The summed E-state index contributed by atoms with van der Waals surface area (Å²) in [5, 5.41) is 0. The van der Waals surface area contributed by atoms with Gasteiger partial charge in [-0.2, -0.15) is 0 Å². The van der Waals surface area contributed by atoms with Crippen LogP contribution in [0.4, 0.5) is 5.69 Å². The third-order valence-corrected chi connectivity index (χ3v) is 2.22. The molecule has 0 aliphatic carbocycles. The maximum atomic E-state index is 11.5. The molecule has 0 unspecified atom stereocenters. The summed E-state index contributed by atoms with van der Waals surface area (Å²) in [6.07, 6.45) is 1.30. The predicted octanol–water partition coefficient (Wildman–Crippen LogP) is 1.83. The van der Waals surface area contributed by atoms with Crippen LogP contribution in [0.25, 0.3) is 0 Å². The summed E-state index contributed by atoms with van der Waals surface area (Å²) in [6, 6.07) is 1.68. The van der Waals surface area contributed by atoms with Crippen LogP contribution < -0.4 is 5.73 Å². The molecule has 0 spiro atoms. The molecule has 1 heterocycles. The lowest BCUT2D eigenvalue weighted by Crippen LogP contribution is -2.14. The number of ether oxygens (including phenoxy) is 1. The van der Waals surface area contributed by atoms with Crippen molar-refractivity contribution in [3.8, 4) is 0 Å². The zero-order valence-corrected chi connectivity index (χ0v) is 10.1. The number of halogens is 1. The van der Waals surface area contributed by atoms with E-state index in [0.29, 0.717) is 15.0 Å². The van der Waals surface area contributed by atoms with Gasteiger partial charge >= 0.3 is 5.97 Å². The molecule has 0 saturated heterocycles. The smallest absolute Gasteiger partial charge is 0.358 e. The lowest BCUT2D eigenvalue weighted by Gasteiger charge is -2.08. The van der Waals surface area contributed by atoms with Gasteiger partial charge in [-0.3, -0.25) is 0 Å². The van der Waals surface area contributed by atoms with Gasteiger partial charge < -0.3 is 10.5 Å². The number of nitrogen functional groups attached to an aromatic ring is 1. The Morgan fingerprint density at radius 3 is 2.79 bits per heavy atom. The number of anilines is 1. The van der Waals surface area contributed by atoms with E-state index in [4.69, 9.17) is 10.5 Å². The molecule has 0 aromatic carbocycles. The summed E-state index contributed by atoms with van der Waals surface area (Å²) in [4.78, 5) is 15.4. The van der Waals surface area contributed by atoms with Crippen molar-refractivity contribution in [3.63, 3.8) is 0 Å². The Hall–Kier alpha value is -0.850. The van der Waals surface area contributed by atoms with Crippen LogP contribution in [0.3, 0.4) is 0 Å². The largest absolute Gasteiger partial charge is 0.458 e. The number of aromatic nitrogens is 1. The van der Waals surface area contributed by atoms with Gasteiger partial charge in [0.1, 0.15) is 0 Å². The Morgan fingerprint density at radius 2 is 2.29 bits per heavy atom. The number of nitrogens with two attached hydrogens (primary N) is 1. The van der Waals surface area contributed by atoms with Crippen LogP contribution in [0.15, 0.2) is 12.3 Å². The zero-order chi connectivity index (χ0) is 10.7. The molecular weight excluding hydrogens is 295 g/mol. The third kappa shape index (κ3) is 2.83. The first-order valence-electron chi connectivity index (χ1n) is 4.12. The second kappa shape index (κ2) is 4.59. The number of carbonyl (C=O) groups excluding carboxylic acids is 1. The molecule has 2 N–H and O–H groups in total. The Morgan fingerprint density at radius 1 is 1.64 bits per heavy atom. The molecule has 0 bridgehead atoms. The highest BCUT2D eigenvalue weighted by Crippen LogP contribution is 2.14. The molecule has 1 rings (SSSR count). The number of rotatable bonds is 2. The standard InChI is InChI=1S/C9H11IN2O2/c1-5(2)14-9(13)8-7(10)3-6(11)4-12-8/h3-5H,11H2,1-2H3. The first-order chi connectivity index (χ1) is 6.50. The highest BCUT2D eigenvalue weighted by molar-refractivity contribution is 14.1. The van der Waals surface area contributed by atoms with Crippen LogP contribution in [0, 0.1) is 3.57 Å². The van der Waals surface area contributed by atoms with Gasteiger partial charge in [-0.25, -0.2) is 9.78 Å². The number of esters is 1. The SMILES string of the molecule is CC(C)OC(=O)c1ncc(N)cc1I. The topological polar surface area (TPSA) is 65.2 Å². The third-order valence-electron chi connectivity index (χ3n) is 1.40. The monoisotopic (exact) mass is 306 g/mol. The fourth-order valence-electron chi connectivity index (χ4n) is 0.873. The quantitative estimate of drug-likeness (QED) is 0.669. The van der Waals surface area contributed by atoms with Crippen molar-refractivity contribution in [2.75, 3.05) is 5.73 Å². The Bertz CT molecular complexity index is 353. The summed E-state index contributed by atoms with van der Waals surface area (Å²) in [6.45, 7) is 3.59. The molecular formula is C9H11IN2O2. The van der Waals surface area contributed by atoms with Crippen molar-refractivity contribution in [1.82, 2.24) is 4.98 Å². The maximum absolute atomic E-state index is 11.5. The highest BCUT2D eigenvalue weighted by atomic mass is 127. The van der Waals surface area contributed by atoms with Crippen molar-refractivity contribution >= 4 is 34.2 Å². The summed E-state index contributed by atoms with van der Waals surface area (Å²) in [5.41, 5.74) is 6.36. The van der Waals surface area contributed by atoms with Crippen molar-refractivity contribution < 1.29 is 9.53 Å². The van der Waals surface area contributed by atoms with Crippen LogP contribution in [-0.4, -0.2) is 17.1 Å². The normalized spacial score (nSPS) is 10.3. The lowest BCUT2D eigenvalue weighted by atomic mass is 10.3. The number of carbonyl (C=O) groups is 1. The minimum atomic E-state index is -0.413. The lowest BCUT2D eigenvalue weighted by molar-refractivity contribution is 0.0369. The van der Waals surface area contributed by atoms with E-state index in [1.54, 1.807) is 19.9 Å². The Balaban J connectivity index is 2.90. The molecule has 0 amide bonds. The van der Waals surface area contributed by atoms with Crippen molar-refractivity contribution in [1.29, 1.82) is 0 Å². The van der Waals surface area contributed by atoms with E-state index in [0.717, 1.165) is 0 Å². The summed E-state index contributed by atoms with van der Waals surface area (Å²) < 4.78 is 5.71. The van der Waals surface area contributed by atoms with Crippen LogP contribution in [0.5, 0.6) is 0 Å². The molecule has 1 aromatic rings. The molecule has 0 aliphatic rings. The number of hydrogen-bond acceptors (Lipinski definition) is 4. The first kappa shape index (κ1) is 11.2. The second-order valence-electron chi connectivity index (χ2n) is 3.05. The summed E-state index contributed by atoms with van der Waals surface area (Å²) in [7, 11) is 0. The fourth-order valence-corrected chi connectivity index (χ4v) is 1.59. The van der Waals surface area contributed by atoms with Crippen LogP contribution in [0.2, 0.25) is 0 Å². The van der Waals surface area contributed by atoms with Crippen LogP contribution >= 0.6 is 22.6 Å². The van der Waals surface area contributed by atoms with Gasteiger partial charge in [0.25, 0.3) is 0 Å². The van der Waals surface area contributed by atoms with Gasteiger partial charge in [0, 0.05) is 3.57 Å². The van der Waals surface area contributed by atoms with E-state index >= 15 is 0 Å². The van der Waals surface area contributed by atoms with Gasteiger partial charge in [-0.05, 0) is 42.5 Å². The fraction of sp³-hybridized carbons (Fsp3) is 0.333. The van der Waals surface area contributed by atoms with Gasteiger partial charge in [0.15, 0.2) is 5.69 Å². The molecule has 1 aromatic heterocycles.